The monoisotopic (exact) mass is 466 g/mol. The number of carbonyl (C=O) groups is 1. The first kappa shape index (κ1) is 23.8. The number of halogens is 6. The van der Waals surface area contributed by atoms with E-state index in [0.29, 0.717) is 0 Å². The fourth-order valence-corrected chi connectivity index (χ4v) is 2.30. The summed E-state index contributed by atoms with van der Waals surface area (Å²) in [4.78, 5) is 15.1. The SMILES string of the molecule is CCO/C(=N\C(=O)N(C)c1ccc(OC(F)(F)C(Cl)Cl)cc1)c1c(F)cccc1F. The topological polar surface area (TPSA) is 51.1 Å². The van der Waals surface area contributed by atoms with Gasteiger partial charge in [-0.05, 0) is 43.3 Å². The number of anilines is 1. The molecule has 0 bridgehead atoms. The fourth-order valence-electron chi connectivity index (χ4n) is 2.21. The summed E-state index contributed by atoms with van der Waals surface area (Å²) in [5.41, 5.74) is -0.346. The van der Waals surface area contributed by atoms with E-state index in [4.69, 9.17) is 27.9 Å². The van der Waals surface area contributed by atoms with E-state index in [1.807, 2.05) is 0 Å². The first-order valence-corrected chi connectivity index (χ1v) is 9.32. The van der Waals surface area contributed by atoms with Crippen LogP contribution in [0.25, 0.3) is 0 Å². The Balaban J connectivity index is 2.25. The molecule has 2 rings (SSSR count). The lowest BCUT2D eigenvalue weighted by molar-refractivity contribution is -0.163. The van der Waals surface area contributed by atoms with Gasteiger partial charge in [-0.25, -0.2) is 13.6 Å². The van der Waals surface area contributed by atoms with Crippen LogP contribution in [-0.2, 0) is 4.74 Å². The maximum absolute atomic E-state index is 14.0. The largest absolute Gasteiger partial charge is 0.477 e. The number of urea groups is 1. The minimum absolute atomic E-state index is 0.00594. The van der Waals surface area contributed by atoms with E-state index in [9.17, 15) is 22.4 Å². The highest BCUT2D eigenvalue weighted by molar-refractivity contribution is 6.44. The zero-order valence-corrected chi connectivity index (χ0v) is 17.2. The van der Waals surface area contributed by atoms with Crippen LogP contribution in [0.15, 0.2) is 47.5 Å². The molecule has 2 aromatic rings. The normalized spacial score (nSPS) is 12.1. The van der Waals surface area contributed by atoms with E-state index in [1.165, 1.54) is 19.2 Å². The average molecular weight is 467 g/mol. The van der Waals surface area contributed by atoms with Crippen LogP contribution in [0.2, 0.25) is 0 Å². The summed E-state index contributed by atoms with van der Waals surface area (Å²) in [6.45, 7) is 1.56. The van der Waals surface area contributed by atoms with E-state index in [-0.39, 0.29) is 18.0 Å². The highest BCUT2D eigenvalue weighted by Crippen LogP contribution is 2.31. The Kier molecular flexibility index (Phi) is 7.91. The van der Waals surface area contributed by atoms with Gasteiger partial charge in [0.2, 0.25) is 10.7 Å². The lowest BCUT2D eigenvalue weighted by atomic mass is 10.2. The second kappa shape index (κ2) is 9.99. The van der Waals surface area contributed by atoms with E-state index in [1.54, 1.807) is 6.92 Å². The van der Waals surface area contributed by atoms with Gasteiger partial charge in [0.15, 0.2) is 0 Å². The Morgan fingerprint density at radius 3 is 2.20 bits per heavy atom. The van der Waals surface area contributed by atoms with Crippen LogP contribution < -0.4 is 9.64 Å². The molecule has 0 atom stereocenters. The van der Waals surface area contributed by atoms with Gasteiger partial charge in [-0.15, -0.1) is 0 Å². The summed E-state index contributed by atoms with van der Waals surface area (Å²) in [6, 6.07) is 7.15. The van der Waals surface area contributed by atoms with Gasteiger partial charge in [-0.1, -0.05) is 29.3 Å². The lowest BCUT2D eigenvalue weighted by Gasteiger charge is -2.20. The Bertz CT molecular complexity index is 904. The molecule has 0 N–H and O–H groups in total. The molecule has 2 amide bonds. The molecule has 0 aliphatic rings. The number of alkyl halides is 4. The zero-order valence-electron chi connectivity index (χ0n) is 15.7. The van der Waals surface area contributed by atoms with Crippen molar-refractivity contribution in [1.29, 1.82) is 0 Å². The van der Waals surface area contributed by atoms with Crippen molar-refractivity contribution in [3.63, 3.8) is 0 Å². The Morgan fingerprint density at radius 2 is 1.70 bits per heavy atom. The van der Waals surface area contributed by atoms with Crippen molar-refractivity contribution in [3.8, 4) is 5.75 Å². The quantitative estimate of drug-likeness (QED) is 0.234. The van der Waals surface area contributed by atoms with Crippen molar-refractivity contribution >= 4 is 40.8 Å². The van der Waals surface area contributed by atoms with Crippen LogP contribution in [0.1, 0.15) is 12.5 Å². The summed E-state index contributed by atoms with van der Waals surface area (Å²) < 4.78 is 64.4. The van der Waals surface area contributed by atoms with Crippen molar-refractivity contribution in [1.82, 2.24) is 0 Å². The summed E-state index contributed by atoms with van der Waals surface area (Å²) in [5.74, 6) is -2.67. The summed E-state index contributed by atoms with van der Waals surface area (Å²) in [6.07, 6.45) is -3.81. The highest BCUT2D eigenvalue weighted by atomic mass is 35.5. The maximum atomic E-state index is 14.0. The molecule has 0 aromatic heterocycles. The first-order chi connectivity index (χ1) is 14.1. The molecule has 2 aromatic carbocycles. The van der Waals surface area contributed by atoms with E-state index < -0.39 is 40.1 Å². The van der Waals surface area contributed by atoms with Crippen LogP contribution >= 0.6 is 23.2 Å². The molecule has 0 fully saturated rings. The zero-order chi connectivity index (χ0) is 22.5. The number of aliphatic imine (C=N–C) groups is 1. The Hall–Kier alpha value is -2.52. The van der Waals surface area contributed by atoms with Gasteiger partial charge < -0.3 is 9.47 Å². The molecule has 0 aliphatic carbocycles. The highest BCUT2D eigenvalue weighted by Gasteiger charge is 2.40. The number of benzene rings is 2. The molecule has 0 saturated heterocycles. The minimum Gasteiger partial charge on any atom is -0.477 e. The van der Waals surface area contributed by atoms with Gasteiger partial charge in [0.05, 0.1) is 6.61 Å². The number of rotatable bonds is 6. The molecule has 0 heterocycles. The smallest absolute Gasteiger partial charge is 0.428 e. The van der Waals surface area contributed by atoms with E-state index in [0.717, 1.165) is 35.2 Å². The van der Waals surface area contributed by atoms with Gasteiger partial charge in [-0.3, -0.25) is 4.90 Å². The van der Waals surface area contributed by atoms with Crippen molar-refractivity contribution in [3.05, 3.63) is 59.7 Å². The molecule has 0 saturated carbocycles. The molecule has 162 valence electrons. The Labute approximate surface area is 179 Å². The van der Waals surface area contributed by atoms with E-state index >= 15 is 0 Å². The van der Waals surface area contributed by atoms with Gasteiger partial charge >= 0.3 is 12.1 Å². The van der Waals surface area contributed by atoms with Crippen LogP contribution in [0.5, 0.6) is 5.75 Å². The maximum Gasteiger partial charge on any atom is 0.428 e. The second-order valence-corrected chi connectivity index (χ2v) is 6.84. The molecule has 0 radical (unpaired) electrons. The van der Waals surface area contributed by atoms with Crippen LogP contribution in [0.4, 0.5) is 28.0 Å². The van der Waals surface area contributed by atoms with Crippen LogP contribution in [-0.4, -0.2) is 36.5 Å². The molecule has 30 heavy (non-hydrogen) atoms. The third-order valence-corrected chi connectivity index (χ3v) is 4.18. The number of hydrogen-bond acceptors (Lipinski definition) is 3. The minimum atomic E-state index is -3.81. The number of ether oxygens (including phenoxy) is 2. The van der Waals surface area contributed by atoms with Gasteiger partial charge in [0.25, 0.3) is 0 Å². The first-order valence-electron chi connectivity index (χ1n) is 8.45. The number of carbonyl (C=O) groups excluding carboxylic acids is 1. The van der Waals surface area contributed by atoms with Crippen molar-refractivity contribution < 1.29 is 31.8 Å². The fraction of sp³-hybridized carbons (Fsp3) is 0.263. The predicted molar refractivity (Wildman–Crippen MR) is 106 cm³/mol. The lowest BCUT2D eigenvalue weighted by Crippen LogP contribution is -2.32. The van der Waals surface area contributed by atoms with Gasteiger partial charge in [-0.2, -0.15) is 13.8 Å². The molecule has 5 nitrogen and oxygen atoms in total. The van der Waals surface area contributed by atoms with Gasteiger partial charge in [0, 0.05) is 12.7 Å². The number of hydrogen-bond donors (Lipinski definition) is 0. The van der Waals surface area contributed by atoms with Crippen molar-refractivity contribution in [2.75, 3.05) is 18.6 Å². The average Bonchev–Trinajstić information content (AvgIpc) is 2.67. The summed E-state index contributed by atoms with van der Waals surface area (Å²) in [7, 11) is 1.32. The third-order valence-electron chi connectivity index (χ3n) is 3.67. The standard InChI is InChI=1S/C19H16Cl2F4N2O3/c1-3-29-16(15-13(22)5-4-6-14(15)23)26-18(28)27(2)11-7-9-12(10-8-11)30-19(24,25)17(20)21/h4-10,17H,3H2,1-2H3/b26-16-. The third kappa shape index (κ3) is 5.76. The summed E-state index contributed by atoms with van der Waals surface area (Å²) >= 11 is 10.3. The number of nitrogens with zero attached hydrogens (tertiary/aromatic N) is 2. The van der Waals surface area contributed by atoms with Gasteiger partial charge in [0.1, 0.15) is 22.9 Å². The molecule has 11 heteroatoms. The summed E-state index contributed by atoms with van der Waals surface area (Å²) in [5, 5.41) is 0. The second-order valence-electron chi connectivity index (χ2n) is 5.75. The van der Waals surface area contributed by atoms with Crippen LogP contribution in [0.3, 0.4) is 0 Å². The Morgan fingerprint density at radius 1 is 1.13 bits per heavy atom. The predicted octanol–water partition coefficient (Wildman–Crippen LogP) is 5.78. The molecular formula is C19H16Cl2F4N2O3. The number of amides is 2. The van der Waals surface area contributed by atoms with Crippen molar-refractivity contribution in [2.45, 2.75) is 17.9 Å². The molecule has 0 unspecified atom stereocenters. The van der Waals surface area contributed by atoms with Crippen molar-refractivity contribution in [2.24, 2.45) is 4.99 Å². The molecular weight excluding hydrogens is 451 g/mol. The molecule has 0 aliphatic heterocycles. The van der Waals surface area contributed by atoms with Crippen LogP contribution in [0, 0.1) is 11.6 Å². The molecule has 0 spiro atoms. The van der Waals surface area contributed by atoms with E-state index in [2.05, 4.69) is 9.73 Å².